The van der Waals surface area contributed by atoms with Gasteiger partial charge in [0.05, 0.1) is 32.0 Å². The van der Waals surface area contributed by atoms with Gasteiger partial charge < -0.3 is 14.4 Å². The number of morpholine rings is 1. The standard InChI is InChI=1S/C21H24N2O3S/c24-21(6-5-18-4-2-10-27-18)23-8-9-26-20-12-17(11-19(20)23)15-25-14-16-3-1-7-22-13-16/h1-7,10,13,17,19-20H,8-9,11-12,14-15H2/b6-5+. The van der Waals surface area contributed by atoms with Crippen molar-refractivity contribution in [3.8, 4) is 0 Å². The first kappa shape index (κ1) is 18.3. The molecule has 1 aliphatic carbocycles. The molecule has 1 saturated carbocycles. The molecule has 3 heterocycles. The molecule has 1 saturated heterocycles. The van der Waals surface area contributed by atoms with Crippen molar-refractivity contribution < 1.29 is 14.3 Å². The van der Waals surface area contributed by atoms with Gasteiger partial charge in [-0.05, 0) is 47.9 Å². The van der Waals surface area contributed by atoms with E-state index in [0.29, 0.717) is 32.3 Å². The molecule has 2 aliphatic rings. The van der Waals surface area contributed by atoms with E-state index in [-0.39, 0.29) is 18.1 Å². The highest BCUT2D eigenvalue weighted by atomic mass is 32.1. The highest BCUT2D eigenvalue weighted by molar-refractivity contribution is 7.10. The quantitative estimate of drug-likeness (QED) is 0.717. The van der Waals surface area contributed by atoms with Crippen LogP contribution in [0.2, 0.25) is 0 Å². The number of hydrogen-bond donors (Lipinski definition) is 0. The number of fused-ring (bicyclic) bond motifs is 1. The number of pyridine rings is 1. The molecule has 2 aromatic heterocycles. The largest absolute Gasteiger partial charge is 0.376 e. The van der Waals surface area contributed by atoms with Gasteiger partial charge in [0.2, 0.25) is 5.91 Å². The SMILES string of the molecule is O=C(/C=C/c1cccs1)N1CCOC2CC(COCc3cccnc3)CC21. The van der Waals surface area contributed by atoms with Crippen LogP contribution in [0.25, 0.3) is 6.08 Å². The van der Waals surface area contributed by atoms with E-state index < -0.39 is 0 Å². The average molecular weight is 385 g/mol. The molecule has 3 unspecified atom stereocenters. The van der Waals surface area contributed by atoms with Crippen molar-refractivity contribution >= 4 is 23.3 Å². The topological polar surface area (TPSA) is 51.7 Å². The normalized spacial score (nSPS) is 25.0. The Morgan fingerprint density at radius 3 is 3.15 bits per heavy atom. The fourth-order valence-corrected chi connectivity index (χ4v) is 4.54. The molecule has 0 radical (unpaired) electrons. The lowest BCUT2D eigenvalue weighted by atomic mass is 10.1. The van der Waals surface area contributed by atoms with Crippen LogP contribution in [0, 0.1) is 5.92 Å². The third-order valence-corrected chi connectivity index (χ3v) is 6.03. The van der Waals surface area contributed by atoms with Gasteiger partial charge in [-0.15, -0.1) is 11.3 Å². The van der Waals surface area contributed by atoms with Gasteiger partial charge in [0.25, 0.3) is 0 Å². The van der Waals surface area contributed by atoms with Gasteiger partial charge in [-0.3, -0.25) is 9.78 Å². The molecule has 0 bridgehead atoms. The lowest BCUT2D eigenvalue weighted by Gasteiger charge is -2.37. The lowest BCUT2D eigenvalue weighted by molar-refractivity contribution is -0.138. The van der Waals surface area contributed by atoms with Crippen molar-refractivity contribution in [1.82, 2.24) is 9.88 Å². The van der Waals surface area contributed by atoms with Gasteiger partial charge in [0.15, 0.2) is 0 Å². The molecule has 5 nitrogen and oxygen atoms in total. The summed E-state index contributed by atoms with van der Waals surface area (Å²) in [5.74, 6) is 0.505. The molecule has 2 fully saturated rings. The summed E-state index contributed by atoms with van der Waals surface area (Å²) in [7, 11) is 0. The number of nitrogens with zero attached hydrogens (tertiary/aromatic N) is 2. The van der Waals surface area contributed by atoms with Crippen LogP contribution < -0.4 is 0 Å². The number of carbonyl (C=O) groups is 1. The summed E-state index contributed by atoms with van der Waals surface area (Å²) in [6, 6.07) is 8.11. The van der Waals surface area contributed by atoms with Gasteiger partial charge in [-0.2, -0.15) is 0 Å². The minimum atomic E-state index is 0.0821. The highest BCUT2D eigenvalue weighted by Crippen LogP contribution is 2.34. The van der Waals surface area contributed by atoms with Crippen LogP contribution in [0.3, 0.4) is 0 Å². The molecule has 0 N–H and O–H groups in total. The molecule has 3 atom stereocenters. The van der Waals surface area contributed by atoms with Crippen LogP contribution in [0.15, 0.2) is 48.1 Å². The Labute approximate surface area is 163 Å². The van der Waals surface area contributed by atoms with Gasteiger partial charge in [-0.1, -0.05) is 12.1 Å². The zero-order chi connectivity index (χ0) is 18.5. The molecular formula is C21H24N2O3S. The summed E-state index contributed by atoms with van der Waals surface area (Å²) >= 11 is 1.64. The smallest absolute Gasteiger partial charge is 0.247 e. The van der Waals surface area contributed by atoms with E-state index in [2.05, 4.69) is 4.98 Å². The molecule has 0 spiro atoms. The molecule has 6 heteroatoms. The Morgan fingerprint density at radius 2 is 2.33 bits per heavy atom. The van der Waals surface area contributed by atoms with Crippen molar-refractivity contribution in [1.29, 1.82) is 0 Å². The summed E-state index contributed by atoms with van der Waals surface area (Å²) in [6.45, 7) is 2.55. The summed E-state index contributed by atoms with van der Waals surface area (Å²) in [5.41, 5.74) is 1.08. The zero-order valence-electron chi connectivity index (χ0n) is 15.2. The molecule has 0 aromatic carbocycles. The van der Waals surface area contributed by atoms with Gasteiger partial charge in [-0.25, -0.2) is 0 Å². The molecule has 4 rings (SSSR count). The molecule has 27 heavy (non-hydrogen) atoms. The Bertz CT molecular complexity index is 763. The van der Waals surface area contributed by atoms with Crippen molar-refractivity contribution in [3.63, 3.8) is 0 Å². The summed E-state index contributed by atoms with van der Waals surface area (Å²) in [5, 5.41) is 2.02. The van der Waals surface area contributed by atoms with E-state index in [0.717, 1.165) is 23.3 Å². The van der Waals surface area contributed by atoms with Crippen LogP contribution in [-0.4, -0.2) is 47.7 Å². The zero-order valence-corrected chi connectivity index (χ0v) is 16.0. The summed E-state index contributed by atoms with van der Waals surface area (Å²) < 4.78 is 11.8. The first-order valence-electron chi connectivity index (χ1n) is 9.40. The maximum absolute atomic E-state index is 12.7. The van der Waals surface area contributed by atoms with Crippen LogP contribution >= 0.6 is 11.3 Å². The minimum Gasteiger partial charge on any atom is -0.376 e. The molecule has 1 amide bonds. The Balaban J connectivity index is 1.31. The first-order valence-corrected chi connectivity index (χ1v) is 10.3. The van der Waals surface area contributed by atoms with E-state index >= 15 is 0 Å². The first-order chi connectivity index (χ1) is 13.3. The number of amides is 1. The van der Waals surface area contributed by atoms with E-state index in [4.69, 9.17) is 9.47 Å². The second-order valence-electron chi connectivity index (χ2n) is 7.07. The van der Waals surface area contributed by atoms with Gasteiger partial charge in [0.1, 0.15) is 0 Å². The fourth-order valence-electron chi connectivity index (χ4n) is 3.92. The third kappa shape index (κ3) is 4.64. The van der Waals surface area contributed by atoms with Crippen molar-refractivity contribution in [2.45, 2.75) is 31.6 Å². The maximum atomic E-state index is 12.7. The third-order valence-electron chi connectivity index (χ3n) is 5.20. The molecular weight excluding hydrogens is 360 g/mol. The van der Waals surface area contributed by atoms with Crippen LogP contribution in [0.4, 0.5) is 0 Å². The lowest BCUT2D eigenvalue weighted by Crippen LogP contribution is -2.50. The summed E-state index contributed by atoms with van der Waals surface area (Å²) in [6.07, 6.45) is 9.22. The Hall–Kier alpha value is -2.02. The Kier molecular flexibility index (Phi) is 5.97. The second kappa shape index (κ2) is 8.78. The number of ether oxygens (including phenoxy) is 2. The monoisotopic (exact) mass is 384 g/mol. The number of carbonyl (C=O) groups excluding carboxylic acids is 1. The number of hydrogen-bond acceptors (Lipinski definition) is 5. The fraction of sp³-hybridized carbons (Fsp3) is 0.429. The number of thiophene rings is 1. The highest BCUT2D eigenvalue weighted by Gasteiger charge is 2.42. The van der Waals surface area contributed by atoms with E-state index in [1.807, 2.05) is 46.8 Å². The van der Waals surface area contributed by atoms with Gasteiger partial charge in [0, 0.05) is 29.9 Å². The van der Waals surface area contributed by atoms with Crippen LogP contribution in [-0.2, 0) is 20.9 Å². The second-order valence-corrected chi connectivity index (χ2v) is 8.05. The maximum Gasteiger partial charge on any atom is 0.247 e. The number of rotatable bonds is 6. The average Bonchev–Trinajstić information content (AvgIpc) is 3.36. The van der Waals surface area contributed by atoms with E-state index in [1.54, 1.807) is 23.6 Å². The van der Waals surface area contributed by atoms with Crippen LogP contribution in [0.5, 0.6) is 0 Å². The molecule has 2 aromatic rings. The summed E-state index contributed by atoms with van der Waals surface area (Å²) in [4.78, 5) is 19.9. The predicted octanol–water partition coefficient (Wildman–Crippen LogP) is 3.38. The molecule has 142 valence electrons. The molecule has 1 aliphatic heterocycles. The minimum absolute atomic E-state index is 0.0821. The van der Waals surface area contributed by atoms with E-state index in [9.17, 15) is 4.79 Å². The van der Waals surface area contributed by atoms with Crippen LogP contribution in [0.1, 0.15) is 23.3 Å². The van der Waals surface area contributed by atoms with E-state index in [1.165, 1.54) is 0 Å². The number of aromatic nitrogens is 1. The van der Waals surface area contributed by atoms with Crippen molar-refractivity contribution in [2.24, 2.45) is 5.92 Å². The van der Waals surface area contributed by atoms with Crippen molar-refractivity contribution in [3.05, 3.63) is 58.6 Å². The Morgan fingerprint density at radius 1 is 1.37 bits per heavy atom. The predicted molar refractivity (Wildman–Crippen MR) is 105 cm³/mol. The van der Waals surface area contributed by atoms with Gasteiger partial charge >= 0.3 is 0 Å². The van der Waals surface area contributed by atoms with Crippen molar-refractivity contribution in [2.75, 3.05) is 19.8 Å².